The molecule has 1 aliphatic heterocycles. The minimum Gasteiger partial charge on any atom is -0.481 e. The van der Waals surface area contributed by atoms with Crippen molar-refractivity contribution in [2.45, 2.75) is 57.5 Å². The highest BCUT2D eigenvalue weighted by Gasteiger charge is 2.33. The summed E-state index contributed by atoms with van der Waals surface area (Å²) >= 11 is 0. The lowest BCUT2D eigenvalue weighted by atomic mass is 9.89. The molecule has 2 N–H and O–H groups in total. The molecule has 0 spiro atoms. The van der Waals surface area contributed by atoms with Crippen LogP contribution in [-0.4, -0.2) is 46.8 Å². The second-order valence-electron chi connectivity index (χ2n) is 9.51. The quantitative estimate of drug-likeness (QED) is 0.465. The molecule has 0 bridgehead atoms. The third kappa shape index (κ3) is 6.62. The fourth-order valence-electron chi connectivity index (χ4n) is 4.42. The highest BCUT2D eigenvalue weighted by Crippen LogP contribution is 2.35. The van der Waals surface area contributed by atoms with Crippen LogP contribution in [-0.2, 0) is 22.0 Å². The molecule has 190 valence electrons. The molecular weight excluding hydrogens is 461 g/mol. The fourth-order valence-corrected chi connectivity index (χ4v) is 4.42. The van der Waals surface area contributed by atoms with Crippen LogP contribution in [0, 0.1) is 17.7 Å². The van der Waals surface area contributed by atoms with E-state index >= 15 is 4.39 Å². The topological polar surface area (TPSA) is 87.6 Å². The van der Waals surface area contributed by atoms with Crippen LogP contribution in [0.3, 0.4) is 0 Å². The number of hydrogen-bond acceptors (Lipinski definition) is 6. The van der Waals surface area contributed by atoms with Crippen LogP contribution in [0.1, 0.15) is 50.2 Å². The molecule has 1 aromatic heterocycles. The van der Waals surface area contributed by atoms with E-state index in [1.807, 2.05) is 4.90 Å². The van der Waals surface area contributed by atoms with Gasteiger partial charge < -0.3 is 20.1 Å². The number of aromatic nitrogens is 2. The lowest BCUT2D eigenvalue weighted by Crippen LogP contribution is -2.29. The Hall–Kier alpha value is -2.88. The van der Waals surface area contributed by atoms with Crippen molar-refractivity contribution in [2.75, 3.05) is 30.0 Å². The van der Waals surface area contributed by atoms with Crippen molar-refractivity contribution < 1.29 is 27.8 Å². The van der Waals surface area contributed by atoms with Crippen LogP contribution in [0.4, 0.5) is 24.8 Å². The van der Waals surface area contributed by atoms with Crippen molar-refractivity contribution in [2.24, 2.45) is 11.8 Å². The second-order valence-corrected chi connectivity index (χ2v) is 9.51. The number of anilines is 2. The van der Waals surface area contributed by atoms with Gasteiger partial charge in [0.1, 0.15) is 6.33 Å². The van der Waals surface area contributed by atoms with Crippen molar-refractivity contribution >= 4 is 17.6 Å². The molecule has 7 nitrogen and oxygen atoms in total. The maximum Gasteiger partial charge on any atom is 0.308 e. The summed E-state index contributed by atoms with van der Waals surface area (Å²) in [6, 6.07) is 6.10. The molecular formula is C25H31F3N4O3. The zero-order chi connectivity index (χ0) is 25.0. The fraction of sp³-hybridized carbons (Fsp3) is 0.560. The lowest BCUT2D eigenvalue weighted by Gasteiger charge is -2.26. The molecule has 2 aliphatic rings. The number of carboxylic acids is 1. The van der Waals surface area contributed by atoms with E-state index in [2.05, 4.69) is 15.3 Å². The van der Waals surface area contributed by atoms with E-state index in [0.717, 1.165) is 38.2 Å². The van der Waals surface area contributed by atoms with E-state index in [1.165, 1.54) is 18.5 Å². The molecule has 1 saturated carbocycles. The third-order valence-electron chi connectivity index (χ3n) is 6.67. The Morgan fingerprint density at radius 2 is 1.89 bits per heavy atom. The van der Waals surface area contributed by atoms with Gasteiger partial charge in [0.05, 0.1) is 5.92 Å². The van der Waals surface area contributed by atoms with Crippen molar-refractivity contribution in [1.82, 2.24) is 9.97 Å². The van der Waals surface area contributed by atoms with E-state index in [-0.39, 0.29) is 35.7 Å². The van der Waals surface area contributed by atoms with Crippen LogP contribution in [0.15, 0.2) is 30.6 Å². The highest BCUT2D eigenvalue weighted by atomic mass is 19.3. The zero-order valence-corrected chi connectivity index (χ0v) is 19.7. The average Bonchev–Trinajstić information content (AvgIpc) is 3.67. The van der Waals surface area contributed by atoms with E-state index < -0.39 is 23.6 Å². The van der Waals surface area contributed by atoms with E-state index in [0.29, 0.717) is 26.2 Å². The van der Waals surface area contributed by atoms with Crippen molar-refractivity contribution in [3.05, 3.63) is 47.5 Å². The van der Waals surface area contributed by atoms with Gasteiger partial charge in [-0.15, -0.1) is 0 Å². The van der Waals surface area contributed by atoms with Gasteiger partial charge in [-0.05, 0) is 43.6 Å². The maximum absolute atomic E-state index is 15.5. The molecule has 1 aromatic carbocycles. The predicted molar refractivity (Wildman–Crippen MR) is 125 cm³/mol. The van der Waals surface area contributed by atoms with E-state index in [4.69, 9.17) is 4.74 Å². The Bertz CT molecular complexity index is 1010. The number of carboxylic acid groups (broad SMARTS) is 1. The SMILES string of the molecule is CC(F)(F)c1ccc(CN(c2ncnc(NCC(CC3CCOCC3)C(=O)O)c2F)C2CC2)cc1. The molecule has 4 rings (SSSR count). The molecule has 1 unspecified atom stereocenters. The molecule has 10 heteroatoms. The summed E-state index contributed by atoms with van der Waals surface area (Å²) in [5, 5.41) is 12.5. The molecule has 2 heterocycles. The summed E-state index contributed by atoms with van der Waals surface area (Å²) in [4.78, 5) is 21.8. The monoisotopic (exact) mass is 492 g/mol. The number of aliphatic carboxylic acids is 1. The van der Waals surface area contributed by atoms with Crippen LogP contribution in [0.2, 0.25) is 0 Å². The summed E-state index contributed by atoms with van der Waals surface area (Å²) in [6.07, 6.45) is 5.15. The smallest absolute Gasteiger partial charge is 0.308 e. The molecule has 1 saturated heterocycles. The number of nitrogens with one attached hydrogen (secondary N) is 1. The Balaban J connectivity index is 1.46. The van der Waals surface area contributed by atoms with Gasteiger partial charge in [-0.2, -0.15) is 4.39 Å². The van der Waals surface area contributed by atoms with Gasteiger partial charge in [-0.25, -0.2) is 18.7 Å². The molecule has 0 radical (unpaired) electrons. The Morgan fingerprint density at radius 1 is 1.20 bits per heavy atom. The molecule has 35 heavy (non-hydrogen) atoms. The van der Waals surface area contributed by atoms with Crippen LogP contribution >= 0.6 is 0 Å². The summed E-state index contributed by atoms with van der Waals surface area (Å²) in [6.45, 7) is 2.48. The number of alkyl halides is 2. The van der Waals surface area contributed by atoms with Crippen LogP contribution in [0.5, 0.6) is 0 Å². The summed E-state index contributed by atoms with van der Waals surface area (Å²) in [7, 11) is 0. The standard InChI is InChI=1S/C25H31F3N4O3/c1-25(27,28)19-4-2-17(3-5-19)14-32(20-6-7-20)23-21(26)22(30-15-31-23)29-13-18(24(33)34)12-16-8-10-35-11-9-16/h2-5,15-16,18,20H,6-14H2,1H3,(H,33,34)(H,29,30,31). The zero-order valence-electron chi connectivity index (χ0n) is 19.7. The average molecular weight is 493 g/mol. The first kappa shape index (κ1) is 25.2. The van der Waals surface area contributed by atoms with E-state index in [9.17, 15) is 18.7 Å². The minimum absolute atomic E-state index is 0.0418. The first-order valence-electron chi connectivity index (χ1n) is 12.0. The van der Waals surface area contributed by atoms with Gasteiger partial charge in [0.25, 0.3) is 5.92 Å². The van der Waals surface area contributed by atoms with Crippen LogP contribution < -0.4 is 10.2 Å². The third-order valence-corrected chi connectivity index (χ3v) is 6.67. The van der Waals surface area contributed by atoms with Crippen LogP contribution in [0.25, 0.3) is 0 Å². The second kappa shape index (κ2) is 10.8. The Morgan fingerprint density at radius 3 is 2.49 bits per heavy atom. The Labute approximate surface area is 202 Å². The number of halogens is 3. The number of carbonyl (C=O) groups is 1. The molecule has 1 atom stereocenters. The Kier molecular flexibility index (Phi) is 7.78. The van der Waals surface area contributed by atoms with Gasteiger partial charge >= 0.3 is 5.97 Å². The van der Waals surface area contributed by atoms with Gasteiger partial charge in [-0.3, -0.25) is 4.79 Å². The largest absolute Gasteiger partial charge is 0.481 e. The summed E-state index contributed by atoms with van der Waals surface area (Å²) < 4.78 is 47.9. The molecule has 2 fully saturated rings. The molecule has 0 amide bonds. The normalized spacial score (nSPS) is 17.7. The maximum atomic E-state index is 15.5. The first-order chi connectivity index (χ1) is 16.7. The van der Waals surface area contributed by atoms with Gasteiger partial charge in [0.15, 0.2) is 11.6 Å². The summed E-state index contributed by atoms with van der Waals surface area (Å²) in [5.41, 5.74) is 0.687. The van der Waals surface area contributed by atoms with Crippen molar-refractivity contribution in [3.8, 4) is 0 Å². The van der Waals surface area contributed by atoms with E-state index in [1.54, 1.807) is 12.1 Å². The summed E-state index contributed by atoms with van der Waals surface area (Å²) in [5.74, 6) is -4.84. The van der Waals surface area contributed by atoms with Gasteiger partial charge in [0, 0.05) is 44.8 Å². The number of rotatable bonds is 11. The highest BCUT2D eigenvalue weighted by molar-refractivity contribution is 5.71. The van der Waals surface area contributed by atoms with Gasteiger partial charge in [0.2, 0.25) is 5.82 Å². The lowest BCUT2D eigenvalue weighted by molar-refractivity contribution is -0.142. The minimum atomic E-state index is -2.92. The van der Waals surface area contributed by atoms with Crippen molar-refractivity contribution in [1.29, 1.82) is 0 Å². The van der Waals surface area contributed by atoms with Gasteiger partial charge in [-0.1, -0.05) is 24.3 Å². The first-order valence-corrected chi connectivity index (χ1v) is 12.0. The predicted octanol–water partition coefficient (Wildman–Crippen LogP) is 4.83. The number of ether oxygens (including phenoxy) is 1. The molecule has 2 aromatic rings. The number of benzene rings is 1. The molecule has 1 aliphatic carbocycles. The van der Waals surface area contributed by atoms with Crippen molar-refractivity contribution in [3.63, 3.8) is 0 Å². The number of nitrogens with zero attached hydrogens (tertiary/aromatic N) is 3. The number of hydrogen-bond donors (Lipinski definition) is 2.